The molecule has 0 atom stereocenters. The van der Waals surface area contributed by atoms with E-state index in [0.29, 0.717) is 34.7 Å². The van der Waals surface area contributed by atoms with Crippen LogP contribution in [-0.4, -0.2) is 34.8 Å². The third-order valence-corrected chi connectivity index (χ3v) is 5.51. The van der Waals surface area contributed by atoms with E-state index in [4.69, 9.17) is 28.7 Å². The van der Waals surface area contributed by atoms with Crippen molar-refractivity contribution in [2.75, 3.05) is 13.7 Å². The smallest absolute Gasteiger partial charge is 0.341 e. The highest BCUT2D eigenvalue weighted by atomic mass is 16.5. The van der Waals surface area contributed by atoms with Gasteiger partial charge < -0.3 is 23.7 Å². The number of hydrogen-bond donors (Lipinski definition) is 1. The summed E-state index contributed by atoms with van der Waals surface area (Å²) in [6, 6.07) is 17.1. The van der Waals surface area contributed by atoms with Crippen molar-refractivity contribution in [2.24, 2.45) is 0 Å². The molecule has 0 unspecified atom stereocenters. The third-order valence-electron chi connectivity index (χ3n) is 5.51. The van der Waals surface area contributed by atoms with Gasteiger partial charge in [0, 0.05) is 23.4 Å². The molecule has 0 bridgehead atoms. The van der Waals surface area contributed by atoms with Gasteiger partial charge in [-0.2, -0.15) is 0 Å². The number of aromatic nitrogens is 2. The number of benzene rings is 2. The summed E-state index contributed by atoms with van der Waals surface area (Å²) in [6.45, 7) is 3.69. The molecule has 4 rings (SSSR count). The number of carbonyl (C=O) groups is 1. The number of oxazole rings is 1. The number of pyridine rings is 1. The molecule has 2 heterocycles. The van der Waals surface area contributed by atoms with E-state index in [0.717, 1.165) is 29.5 Å². The van der Waals surface area contributed by atoms with Crippen molar-refractivity contribution in [3.63, 3.8) is 0 Å². The van der Waals surface area contributed by atoms with Gasteiger partial charge in [0.2, 0.25) is 11.8 Å². The zero-order chi connectivity index (χ0) is 25.5. The summed E-state index contributed by atoms with van der Waals surface area (Å²) in [6.07, 6.45) is 3.80. The number of methoxy groups -OCH3 is 1. The molecule has 0 radical (unpaired) electrons. The van der Waals surface area contributed by atoms with Gasteiger partial charge in [-0.1, -0.05) is 37.6 Å². The highest BCUT2D eigenvalue weighted by Crippen LogP contribution is 2.34. The second-order valence-corrected chi connectivity index (χ2v) is 8.22. The van der Waals surface area contributed by atoms with Crippen molar-refractivity contribution < 1.29 is 28.5 Å². The van der Waals surface area contributed by atoms with Crippen LogP contribution in [0.15, 0.2) is 65.2 Å². The molecule has 0 amide bonds. The molecule has 1 N–H and O–H groups in total. The Morgan fingerprint density at radius 2 is 1.81 bits per heavy atom. The first-order chi connectivity index (χ1) is 17.5. The molecule has 0 saturated carbocycles. The van der Waals surface area contributed by atoms with Crippen LogP contribution < -0.4 is 14.2 Å². The summed E-state index contributed by atoms with van der Waals surface area (Å²) in [5.41, 5.74) is 4.41. The Kier molecular flexibility index (Phi) is 7.85. The van der Waals surface area contributed by atoms with Crippen molar-refractivity contribution >= 4 is 5.97 Å². The first kappa shape index (κ1) is 24.8. The number of aryl methyl sites for hydroxylation is 2. The standard InChI is InChI=1S/C28H28N2O6/c1-4-5-19-6-8-20(9-7-19)28-27(21-10-13-24(33-3)29-15-21)30-25(36-28)16-34-22-11-12-23(18(2)14-22)35-17-26(31)32/h6-15H,4-5,16-17H2,1-3H3,(H,31,32). The van der Waals surface area contributed by atoms with E-state index < -0.39 is 12.6 Å². The monoisotopic (exact) mass is 488 g/mol. The van der Waals surface area contributed by atoms with Gasteiger partial charge in [-0.3, -0.25) is 0 Å². The van der Waals surface area contributed by atoms with E-state index in [-0.39, 0.29) is 6.61 Å². The molecule has 4 aromatic rings. The zero-order valence-electron chi connectivity index (χ0n) is 20.5. The first-order valence-electron chi connectivity index (χ1n) is 11.6. The van der Waals surface area contributed by atoms with E-state index in [1.165, 1.54) is 5.56 Å². The Balaban J connectivity index is 1.58. The second kappa shape index (κ2) is 11.4. The number of nitrogens with zero attached hydrogens (tertiary/aromatic N) is 2. The summed E-state index contributed by atoms with van der Waals surface area (Å²) in [5, 5.41) is 8.81. The van der Waals surface area contributed by atoms with E-state index in [1.54, 1.807) is 37.6 Å². The Morgan fingerprint density at radius 1 is 1.03 bits per heavy atom. The molecule has 0 spiro atoms. The third kappa shape index (κ3) is 6.02. The Bertz CT molecular complexity index is 1310. The van der Waals surface area contributed by atoms with E-state index in [2.05, 4.69) is 24.0 Å². The molecule has 8 nitrogen and oxygen atoms in total. The average Bonchev–Trinajstić information content (AvgIpc) is 3.32. The molecule has 186 valence electrons. The summed E-state index contributed by atoms with van der Waals surface area (Å²) in [7, 11) is 1.57. The number of carboxylic acid groups (broad SMARTS) is 1. The van der Waals surface area contributed by atoms with Gasteiger partial charge in [-0.25, -0.2) is 14.8 Å². The van der Waals surface area contributed by atoms with Crippen molar-refractivity contribution in [2.45, 2.75) is 33.3 Å². The van der Waals surface area contributed by atoms with Crippen molar-refractivity contribution in [3.8, 4) is 40.0 Å². The maximum Gasteiger partial charge on any atom is 0.341 e. The minimum atomic E-state index is -1.03. The van der Waals surface area contributed by atoms with Gasteiger partial charge in [-0.15, -0.1) is 0 Å². The zero-order valence-corrected chi connectivity index (χ0v) is 20.5. The number of aliphatic carboxylic acids is 1. The topological polar surface area (TPSA) is 104 Å². The van der Waals surface area contributed by atoms with E-state index in [9.17, 15) is 4.79 Å². The lowest BCUT2D eigenvalue weighted by Crippen LogP contribution is -2.10. The maximum atomic E-state index is 10.7. The van der Waals surface area contributed by atoms with E-state index >= 15 is 0 Å². The molecular formula is C28H28N2O6. The summed E-state index contributed by atoms with van der Waals surface area (Å²) >= 11 is 0. The van der Waals surface area contributed by atoms with Crippen LogP contribution >= 0.6 is 0 Å². The molecule has 8 heteroatoms. The van der Waals surface area contributed by atoms with Crippen LogP contribution in [0.2, 0.25) is 0 Å². The van der Waals surface area contributed by atoms with Gasteiger partial charge in [0.25, 0.3) is 0 Å². The lowest BCUT2D eigenvalue weighted by Gasteiger charge is -2.09. The molecule has 0 fully saturated rings. The van der Waals surface area contributed by atoms with Gasteiger partial charge in [0.15, 0.2) is 19.0 Å². The predicted octanol–water partition coefficient (Wildman–Crippen LogP) is 5.72. The molecular weight excluding hydrogens is 460 g/mol. The number of hydrogen-bond acceptors (Lipinski definition) is 7. The van der Waals surface area contributed by atoms with E-state index in [1.807, 2.05) is 25.1 Å². The lowest BCUT2D eigenvalue weighted by molar-refractivity contribution is -0.139. The Hall–Kier alpha value is -4.33. The van der Waals surface area contributed by atoms with Crippen LogP contribution in [0.4, 0.5) is 0 Å². The SMILES string of the molecule is CCCc1ccc(-c2oc(COc3ccc(OCC(=O)O)c(C)c3)nc2-c2ccc(OC)nc2)cc1. The number of rotatable bonds is 11. The first-order valence-corrected chi connectivity index (χ1v) is 11.6. The minimum absolute atomic E-state index is 0.110. The molecule has 2 aromatic carbocycles. The van der Waals surface area contributed by atoms with Gasteiger partial charge >= 0.3 is 5.97 Å². The molecule has 0 aliphatic rings. The second-order valence-electron chi connectivity index (χ2n) is 8.22. The van der Waals surface area contributed by atoms with Crippen LogP contribution in [0.1, 0.15) is 30.4 Å². The summed E-state index contributed by atoms with van der Waals surface area (Å²) in [4.78, 5) is 19.8. The molecule has 0 saturated heterocycles. The highest BCUT2D eigenvalue weighted by Gasteiger charge is 2.18. The van der Waals surface area contributed by atoms with Crippen LogP contribution in [0.5, 0.6) is 17.4 Å². The Morgan fingerprint density at radius 3 is 2.44 bits per heavy atom. The summed E-state index contributed by atoms with van der Waals surface area (Å²) < 4.78 is 22.5. The average molecular weight is 489 g/mol. The lowest BCUT2D eigenvalue weighted by atomic mass is 10.0. The van der Waals surface area contributed by atoms with Crippen LogP contribution in [-0.2, 0) is 17.8 Å². The molecule has 0 aliphatic carbocycles. The predicted molar refractivity (Wildman–Crippen MR) is 134 cm³/mol. The van der Waals surface area contributed by atoms with Gasteiger partial charge in [0.1, 0.15) is 17.2 Å². The van der Waals surface area contributed by atoms with Crippen LogP contribution in [0.3, 0.4) is 0 Å². The van der Waals surface area contributed by atoms with Gasteiger partial charge in [-0.05, 0) is 48.7 Å². The van der Waals surface area contributed by atoms with Gasteiger partial charge in [0.05, 0.1) is 7.11 Å². The largest absolute Gasteiger partial charge is 0.484 e. The quantitative estimate of drug-likeness (QED) is 0.286. The fraction of sp³-hybridized carbons (Fsp3) is 0.250. The van der Waals surface area contributed by atoms with Crippen LogP contribution in [0, 0.1) is 6.92 Å². The van der Waals surface area contributed by atoms with Crippen molar-refractivity contribution in [1.29, 1.82) is 0 Å². The number of carboxylic acids is 1. The van der Waals surface area contributed by atoms with Crippen molar-refractivity contribution in [3.05, 3.63) is 77.8 Å². The molecule has 2 aromatic heterocycles. The fourth-order valence-electron chi connectivity index (χ4n) is 3.73. The highest BCUT2D eigenvalue weighted by molar-refractivity contribution is 5.76. The molecule has 0 aliphatic heterocycles. The number of ether oxygens (including phenoxy) is 3. The van der Waals surface area contributed by atoms with Crippen molar-refractivity contribution in [1.82, 2.24) is 9.97 Å². The Labute approximate surface area is 209 Å². The maximum absolute atomic E-state index is 10.7. The molecule has 36 heavy (non-hydrogen) atoms. The fourth-order valence-corrected chi connectivity index (χ4v) is 3.73. The minimum Gasteiger partial charge on any atom is -0.484 e. The summed E-state index contributed by atoms with van der Waals surface area (Å²) in [5.74, 6) is 1.62. The van der Waals surface area contributed by atoms with Crippen LogP contribution in [0.25, 0.3) is 22.6 Å². The normalized spacial score (nSPS) is 10.8.